The highest BCUT2D eigenvalue weighted by Crippen LogP contribution is 2.25. The van der Waals surface area contributed by atoms with Gasteiger partial charge in [0.25, 0.3) is 5.91 Å². The molecule has 0 bridgehead atoms. The van der Waals surface area contributed by atoms with Gasteiger partial charge < -0.3 is 20.3 Å². The monoisotopic (exact) mass is 427 g/mol. The zero-order valence-electron chi connectivity index (χ0n) is 19.1. The van der Waals surface area contributed by atoms with Crippen LogP contribution in [0.5, 0.6) is 0 Å². The summed E-state index contributed by atoms with van der Waals surface area (Å²) in [6.07, 6.45) is 3.06. The minimum absolute atomic E-state index is 0.0680. The van der Waals surface area contributed by atoms with Gasteiger partial charge in [-0.2, -0.15) is 0 Å². The molecule has 1 aromatic carbocycles. The van der Waals surface area contributed by atoms with Crippen LogP contribution in [0, 0.1) is 0 Å². The molecule has 2 N–H and O–H groups in total. The Morgan fingerprint density at radius 2 is 2.03 bits per heavy atom. The van der Waals surface area contributed by atoms with Gasteiger partial charge in [0, 0.05) is 29.9 Å². The molecule has 3 rings (SSSR count). The highest BCUT2D eigenvalue weighted by atomic mass is 19.1. The predicted octanol–water partition coefficient (Wildman–Crippen LogP) is 5.00. The number of dihydropyridines is 1. The normalized spacial score (nSPS) is 19.5. The number of rotatable bonds is 6. The molecule has 1 amide bonds. The summed E-state index contributed by atoms with van der Waals surface area (Å²) in [7, 11) is 0. The van der Waals surface area contributed by atoms with Crippen molar-refractivity contribution in [2.75, 3.05) is 25.0 Å². The molecule has 1 fully saturated rings. The van der Waals surface area contributed by atoms with E-state index in [1.54, 1.807) is 4.90 Å². The SMILES string of the molecule is C=C(OC(C)(C)C)c1ccc(NC2=C(CC)C=C(C(=O)N3CCCC(F)C3)CN2)cc1. The van der Waals surface area contributed by atoms with Gasteiger partial charge in [-0.1, -0.05) is 13.5 Å². The number of hydrogen-bond acceptors (Lipinski definition) is 4. The molecule has 0 saturated carbocycles. The first-order chi connectivity index (χ1) is 14.7. The van der Waals surface area contributed by atoms with E-state index >= 15 is 0 Å². The third-order valence-corrected chi connectivity index (χ3v) is 5.34. The van der Waals surface area contributed by atoms with Gasteiger partial charge in [0.05, 0.1) is 6.54 Å². The van der Waals surface area contributed by atoms with Crippen LogP contribution in [0.3, 0.4) is 0 Å². The van der Waals surface area contributed by atoms with Crippen LogP contribution in [0.25, 0.3) is 5.76 Å². The molecule has 1 aromatic rings. The molecular formula is C25H34FN3O2. The first kappa shape index (κ1) is 22.9. The van der Waals surface area contributed by atoms with Gasteiger partial charge in [-0.25, -0.2) is 4.39 Å². The number of amides is 1. The third-order valence-electron chi connectivity index (χ3n) is 5.34. The van der Waals surface area contributed by atoms with Crippen LogP contribution in [-0.4, -0.2) is 42.2 Å². The number of alkyl halides is 1. The van der Waals surface area contributed by atoms with E-state index in [1.165, 1.54) is 0 Å². The fourth-order valence-electron chi connectivity index (χ4n) is 3.80. The summed E-state index contributed by atoms with van der Waals surface area (Å²) < 4.78 is 19.5. The van der Waals surface area contributed by atoms with Crippen molar-refractivity contribution in [3.05, 3.63) is 59.5 Å². The number of carbonyl (C=O) groups excluding carboxylic acids is 1. The van der Waals surface area contributed by atoms with E-state index < -0.39 is 6.17 Å². The number of halogens is 1. The molecule has 0 radical (unpaired) electrons. The Kier molecular flexibility index (Phi) is 7.08. The lowest BCUT2D eigenvalue weighted by Gasteiger charge is -2.31. The molecule has 6 heteroatoms. The van der Waals surface area contributed by atoms with Crippen molar-refractivity contribution in [3.63, 3.8) is 0 Å². The van der Waals surface area contributed by atoms with Gasteiger partial charge in [0.1, 0.15) is 23.4 Å². The fourth-order valence-corrected chi connectivity index (χ4v) is 3.80. The fraction of sp³-hybridized carbons (Fsp3) is 0.480. The van der Waals surface area contributed by atoms with Crippen LogP contribution in [-0.2, 0) is 9.53 Å². The molecule has 1 saturated heterocycles. The number of nitrogens with zero attached hydrogens (tertiary/aromatic N) is 1. The van der Waals surface area contributed by atoms with E-state index in [2.05, 4.69) is 24.1 Å². The van der Waals surface area contributed by atoms with Crippen LogP contribution in [0.15, 0.2) is 53.9 Å². The molecule has 0 aromatic heterocycles. The van der Waals surface area contributed by atoms with Crippen molar-refractivity contribution < 1.29 is 13.9 Å². The van der Waals surface area contributed by atoms with Crippen molar-refractivity contribution in [3.8, 4) is 0 Å². The highest BCUT2D eigenvalue weighted by molar-refractivity contribution is 5.95. The molecule has 2 heterocycles. The van der Waals surface area contributed by atoms with Crippen molar-refractivity contribution in [2.45, 2.75) is 58.7 Å². The van der Waals surface area contributed by atoms with E-state index in [1.807, 2.05) is 51.1 Å². The topological polar surface area (TPSA) is 53.6 Å². The van der Waals surface area contributed by atoms with E-state index in [0.717, 1.165) is 35.5 Å². The maximum Gasteiger partial charge on any atom is 0.251 e. The highest BCUT2D eigenvalue weighted by Gasteiger charge is 2.27. The van der Waals surface area contributed by atoms with Gasteiger partial charge in [-0.3, -0.25) is 4.79 Å². The lowest BCUT2D eigenvalue weighted by Crippen LogP contribution is -2.43. The second kappa shape index (κ2) is 9.58. The van der Waals surface area contributed by atoms with Crippen LogP contribution < -0.4 is 10.6 Å². The Bertz CT molecular complexity index is 881. The Balaban J connectivity index is 1.69. The number of likely N-dealkylation sites (tertiary alicyclic amines) is 1. The van der Waals surface area contributed by atoms with E-state index in [9.17, 15) is 9.18 Å². The number of anilines is 1. The molecule has 5 nitrogen and oxygen atoms in total. The number of nitrogens with one attached hydrogen (secondary N) is 2. The quantitative estimate of drug-likeness (QED) is 0.628. The third kappa shape index (κ3) is 6.12. The summed E-state index contributed by atoms with van der Waals surface area (Å²) in [4.78, 5) is 14.5. The first-order valence-corrected chi connectivity index (χ1v) is 11.0. The van der Waals surface area contributed by atoms with Crippen molar-refractivity contribution in [1.29, 1.82) is 0 Å². The van der Waals surface area contributed by atoms with E-state index in [-0.39, 0.29) is 18.1 Å². The summed E-state index contributed by atoms with van der Waals surface area (Å²) in [5, 5.41) is 6.75. The molecule has 2 aliphatic rings. The maximum atomic E-state index is 13.7. The average Bonchev–Trinajstić information content (AvgIpc) is 2.72. The maximum absolute atomic E-state index is 13.7. The van der Waals surface area contributed by atoms with Crippen molar-refractivity contribution in [2.24, 2.45) is 0 Å². The minimum atomic E-state index is -0.916. The van der Waals surface area contributed by atoms with Gasteiger partial charge in [-0.05, 0) is 75.9 Å². The second-order valence-electron chi connectivity index (χ2n) is 9.11. The standard InChI is InChI=1S/C25H34FN3O2/c1-6-18-14-20(24(30)29-13-7-8-21(26)16-29)15-27-23(18)28-22-11-9-19(10-12-22)17(2)31-25(3,4)5/h9-12,14,21,27-28H,2,6-8,13,15-16H2,1,3-5H3. The van der Waals surface area contributed by atoms with Crippen molar-refractivity contribution >= 4 is 17.4 Å². The number of allylic oxidation sites excluding steroid dienone is 2. The Morgan fingerprint density at radius 1 is 1.32 bits per heavy atom. The molecule has 0 spiro atoms. The molecular weight excluding hydrogens is 393 g/mol. The summed E-state index contributed by atoms with van der Waals surface area (Å²) in [6, 6.07) is 7.90. The van der Waals surface area contributed by atoms with Gasteiger partial charge in [-0.15, -0.1) is 0 Å². The number of hydrogen-bond donors (Lipinski definition) is 2. The molecule has 1 atom stereocenters. The zero-order chi connectivity index (χ0) is 22.6. The smallest absolute Gasteiger partial charge is 0.251 e. The number of ether oxygens (including phenoxy) is 1. The van der Waals surface area contributed by atoms with Crippen molar-refractivity contribution in [1.82, 2.24) is 10.2 Å². The number of piperidine rings is 1. The average molecular weight is 428 g/mol. The molecule has 168 valence electrons. The summed E-state index contributed by atoms with van der Waals surface area (Å²) in [5.41, 5.74) is 3.28. The lowest BCUT2D eigenvalue weighted by atomic mass is 10.0. The van der Waals surface area contributed by atoms with Crippen LogP contribution in [0.4, 0.5) is 10.1 Å². The van der Waals surface area contributed by atoms with E-state index in [0.29, 0.717) is 30.8 Å². The summed E-state index contributed by atoms with van der Waals surface area (Å²) >= 11 is 0. The predicted molar refractivity (Wildman–Crippen MR) is 124 cm³/mol. The zero-order valence-corrected chi connectivity index (χ0v) is 19.1. The largest absolute Gasteiger partial charge is 0.488 e. The van der Waals surface area contributed by atoms with Crippen LogP contribution in [0.1, 0.15) is 52.5 Å². The van der Waals surface area contributed by atoms with Gasteiger partial charge in [0.15, 0.2) is 0 Å². The molecule has 0 aliphatic carbocycles. The van der Waals surface area contributed by atoms with Crippen LogP contribution >= 0.6 is 0 Å². The van der Waals surface area contributed by atoms with Gasteiger partial charge >= 0.3 is 0 Å². The Labute approximate surface area is 185 Å². The Morgan fingerprint density at radius 3 is 2.65 bits per heavy atom. The lowest BCUT2D eigenvalue weighted by molar-refractivity contribution is -0.129. The Hall–Kier alpha value is -2.76. The summed E-state index contributed by atoms with van der Waals surface area (Å²) in [5.74, 6) is 1.46. The first-order valence-electron chi connectivity index (χ1n) is 11.0. The van der Waals surface area contributed by atoms with E-state index in [4.69, 9.17) is 4.74 Å². The number of benzene rings is 1. The van der Waals surface area contributed by atoms with Crippen LogP contribution in [0.2, 0.25) is 0 Å². The van der Waals surface area contributed by atoms with Gasteiger partial charge in [0.2, 0.25) is 0 Å². The molecule has 2 aliphatic heterocycles. The summed E-state index contributed by atoms with van der Waals surface area (Å²) in [6.45, 7) is 13.3. The molecule has 1 unspecified atom stereocenters. The minimum Gasteiger partial charge on any atom is -0.488 e. The molecule has 31 heavy (non-hydrogen) atoms. The second-order valence-corrected chi connectivity index (χ2v) is 9.11. The number of carbonyl (C=O) groups is 1.